The number of aromatic nitrogens is 1. The van der Waals surface area contributed by atoms with Gasteiger partial charge in [-0.1, -0.05) is 6.42 Å². The number of nitrogens with zero attached hydrogens (tertiary/aromatic N) is 3. The summed E-state index contributed by atoms with van der Waals surface area (Å²) in [5, 5.41) is 2.95. The molecule has 7 nitrogen and oxygen atoms in total. The van der Waals surface area contributed by atoms with Crippen LogP contribution < -0.4 is 5.32 Å². The third kappa shape index (κ3) is 5.49. The van der Waals surface area contributed by atoms with Crippen LogP contribution in [0.25, 0.3) is 0 Å². The molecule has 0 radical (unpaired) electrons. The number of likely N-dealkylation sites (tertiary alicyclic amines) is 1. The Morgan fingerprint density at radius 1 is 1.17 bits per heavy atom. The van der Waals surface area contributed by atoms with Crippen molar-refractivity contribution >= 4 is 23.6 Å². The molecular formula is C21H30N4O3S. The lowest BCUT2D eigenvalue weighted by Gasteiger charge is -2.45. The molecule has 1 N–H and O–H groups in total. The van der Waals surface area contributed by atoms with Crippen molar-refractivity contribution in [3.63, 3.8) is 0 Å². The Morgan fingerprint density at radius 3 is 2.62 bits per heavy atom. The average Bonchev–Trinajstić information content (AvgIpc) is 2.72. The minimum atomic E-state index is -0.132. The molecule has 8 heteroatoms. The molecule has 0 bridgehead atoms. The quantitative estimate of drug-likeness (QED) is 0.677. The van der Waals surface area contributed by atoms with Gasteiger partial charge in [-0.25, -0.2) is 0 Å². The van der Waals surface area contributed by atoms with E-state index in [4.69, 9.17) is 4.74 Å². The molecule has 2 saturated heterocycles. The van der Waals surface area contributed by atoms with E-state index in [9.17, 15) is 9.59 Å². The van der Waals surface area contributed by atoms with Crippen molar-refractivity contribution in [3.05, 3.63) is 24.5 Å². The highest BCUT2D eigenvalue weighted by atomic mass is 32.2. The minimum Gasteiger partial charge on any atom is -0.365 e. The Labute approximate surface area is 176 Å². The van der Waals surface area contributed by atoms with Crippen LogP contribution in [0.4, 0.5) is 0 Å². The summed E-state index contributed by atoms with van der Waals surface area (Å²) in [5.41, 5.74) is 0. The first-order valence-electron chi connectivity index (χ1n) is 10.6. The van der Waals surface area contributed by atoms with Crippen LogP contribution in [0, 0.1) is 0 Å². The lowest BCUT2D eigenvalue weighted by atomic mass is 9.89. The van der Waals surface area contributed by atoms with Crippen molar-refractivity contribution in [2.45, 2.75) is 55.2 Å². The molecular weight excluding hydrogens is 388 g/mol. The molecule has 3 heterocycles. The Hall–Kier alpha value is -1.64. The number of pyridine rings is 1. The van der Waals surface area contributed by atoms with Gasteiger partial charge in [0.15, 0.2) is 0 Å². The van der Waals surface area contributed by atoms with E-state index in [0.717, 1.165) is 36.9 Å². The second-order valence-electron chi connectivity index (χ2n) is 8.11. The zero-order valence-electron chi connectivity index (χ0n) is 16.8. The first kappa shape index (κ1) is 20.6. The number of hydrogen-bond acceptors (Lipinski definition) is 6. The van der Waals surface area contributed by atoms with Crippen molar-refractivity contribution in [2.24, 2.45) is 0 Å². The molecule has 0 spiro atoms. The van der Waals surface area contributed by atoms with Crippen LogP contribution in [-0.4, -0.2) is 83.3 Å². The highest BCUT2D eigenvalue weighted by Gasteiger charge is 2.35. The van der Waals surface area contributed by atoms with E-state index in [1.165, 1.54) is 31.0 Å². The second kappa shape index (κ2) is 9.91. The smallest absolute Gasteiger partial charge is 0.248 e. The van der Waals surface area contributed by atoms with Crippen LogP contribution >= 0.6 is 11.8 Å². The molecule has 1 aromatic rings. The highest BCUT2D eigenvalue weighted by Crippen LogP contribution is 2.29. The van der Waals surface area contributed by atoms with E-state index in [1.54, 1.807) is 12.4 Å². The average molecular weight is 419 g/mol. The molecule has 1 aliphatic carbocycles. The molecule has 2 amide bonds. The van der Waals surface area contributed by atoms with E-state index < -0.39 is 0 Å². The second-order valence-corrected chi connectivity index (χ2v) is 9.16. The summed E-state index contributed by atoms with van der Waals surface area (Å²) >= 11 is 1.49. The predicted octanol–water partition coefficient (Wildman–Crippen LogP) is 1.53. The molecule has 29 heavy (non-hydrogen) atoms. The summed E-state index contributed by atoms with van der Waals surface area (Å²) in [4.78, 5) is 34.2. The number of morpholine rings is 1. The fourth-order valence-electron chi connectivity index (χ4n) is 4.30. The molecule has 3 fully saturated rings. The summed E-state index contributed by atoms with van der Waals surface area (Å²) in [6.07, 6.45) is 9.43. The number of amides is 2. The number of carbonyl (C=O) groups excluding carboxylic acids is 2. The fraction of sp³-hybridized carbons (Fsp3) is 0.667. The molecule has 1 saturated carbocycles. The molecule has 4 rings (SSSR count). The summed E-state index contributed by atoms with van der Waals surface area (Å²) < 4.78 is 5.68. The fourth-order valence-corrected chi connectivity index (χ4v) is 5.01. The van der Waals surface area contributed by atoms with E-state index in [-0.39, 0.29) is 24.5 Å². The predicted molar refractivity (Wildman–Crippen MR) is 112 cm³/mol. The molecule has 3 aliphatic rings. The van der Waals surface area contributed by atoms with Gasteiger partial charge in [0, 0.05) is 55.6 Å². The van der Waals surface area contributed by atoms with Gasteiger partial charge in [-0.15, -0.1) is 11.8 Å². The zero-order chi connectivity index (χ0) is 20.1. The van der Waals surface area contributed by atoms with Crippen molar-refractivity contribution in [3.8, 4) is 0 Å². The molecule has 1 aromatic heterocycles. The number of thioether (sulfide) groups is 1. The van der Waals surface area contributed by atoms with Gasteiger partial charge in [0.05, 0.1) is 11.9 Å². The monoisotopic (exact) mass is 418 g/mol. The van der Waals surface area contributed by atoms with Crippen LogP contribution in [0.5, 0.6) is 0 Å². The van der Waals surface area contributed by atoms with E-state index >= 15 is 0 Å². The normalized spacial score (nSPS) is 24.3. The van der Waals surface area contributed by atoms with Gasteiger partial charge in [0.2, 0.25) is 11.8 Å². The van der Waals surface area contributed by atoms with E-state index in [2.05, 4.69) is 15.2 Å². The Morgan fingerprint density at radius 2 is 1.93 bits per heavy atom. The van der Waals surface area contributed by atoms with Gasteiger partial charge in [-0.2, -0.15) is 0 Å². The highest BCUT2D eigenvalue weighted by molar-refractivity contribution is 8.00. The van der Waals surface area contributed by atoms with Crippen LogP contribution in [0.1, 0.15) is 32.1 Å². The standard InChI is InChI=1S/C21H30N4O3S/c26-20(15-29-19-4-8-22-9-5-19)23-12-18-13-25(21(27)14-28-18)17-6-10-24(11-7-17)16-2-1-3-16/h4-5,8-9,16-18H,1-3,6-7,10-15H2,(H,23,26). The van der Waals surface area contributed by atoms with Crippen LogP contribution in [0.15, 0.2) is 29.4 Å². The third-order valence-corrected chi connectivity index (χ3v) is 7.25. The van der Waals surface area contributed by atoms with Crippen LogP contribution in [-0.2, 0) is 14.3 Å². The maximum Gasteiger partial charge on any atom is 0.248 e. The number of ether oxygens (including phenoxy) is 1. The van der Waals surface area contributed by atoms with Crippen LogP contribution in [0.3, 0.4) is 0 Å². The Balaban J connectivity index is 1.19. The van der Waals surface area contributed by atoms with Gasteiger partial charge in [-0.05, 0) is 37.8 Å². The number of rotatable bonds is 7. The molecule has 0 aromatic carbocycles. The van der Waals surface area contributed by atoms with E-state index in [0.29, 0.717) is 24.9 Å². The Bertz CT molecular complexity index is 692. The largest absolute Gasteiger partial charge is 0.365 e. The minimum absolute atomic E-state index is 0.0207. The number of piperidine rings is 1. The van der Waals surface area contributed by atoms with Crippen LogP contribution in [0.2, 0.25) is 0 Å². The zero-order valence-corrected chi connectivity index (χ0v) is 17.6. The summed E-state index contributed by atoms with van der Waals surface area (Å²) in [6.45, 7) is 3.32. The van der Waals surface area contributed by atoms with Crippen molar-refractivity contribution in [2.75, 3.05) is 38.5 Å². The molecule has 1 atom stereocenters. The number of hydrogen-bond donors (Lipinski definition) is 1. The Kier molecular flexibility index (Phi) is 7.05. The maximum atomic E-state index is 12.4. The van der Waals surface area contributed by atoms with Gasteiger partial charge in [0.1, 0.15) is 6.61 Å². The van der Waals surface area contributed by atoms with Crippen molar-refractivity contribution in [1.82, 2.24) is 20.1 Å². The number of nitrogens with one attached hydrogen (secondary N) is 1. The summed E-state index contributed by atoms with van der Waals surface area (Å²) in [6, 6.07) is 4.87. The maximum absolute atomic E-state index is 12.4. The van der Waals surface area contributed by atoms with Gasteiger partial charge < -0.3 is 19.9 Å². The molecule has 1 unspecified atom stereocenters. The van der Waals surface area contributed by atoms with Crippen molar-refractivity contribution < 1.29 is 14.3 Å². The summed E-state index contributed by atoms with van der Waals surface area (Å²) in [7, 11) is 0. The van der Waals surface area contributed by atoms with Crippen molar-refractivity contribution in [1.29, 1.82) is 0 Å². The van der Waals surface area contributed by atoms with Gasteiger partial charge in [-0.3, -0.25) is 14.6 Å². The third-order valence-electron chi connectivity index (χ3n) is 6.24. The molecule has 2 aliphatic heterocycles. The lowest BCUT2D eigenvalue weighted by Crippen LogP contribution is -2.57. The first-order chi connectivity index (χ1) is 14.2. The lowest BCUT2D eigenvalue weighted by molar-refractivity contribution is -0.153. The topological polar surface area (TPSA) is 74.8 Å². The number of carbonyl (C=O) groups is 2. The molecule has 158 valence electrons. The first-order valence-corrected chi connectivity index (χ1v) is 11.6. The van der Waals surface area contributed by atoms with Gasteiger partial charge >= 0.3 is 0 Å². The summed E-state index contributed by atoms with van der Waals surface area (Å²) in [5.74, 6) is 0.425. The van der Waals surface area contributed by atoms with Gasteiger partial charge in [0.25, 0.3) is 0 Å². The SMILES string of the molecule is O=C(CSc1ccncc1)NCC1CN(C2CCN(C3CCC3)CC2)C(=O)CO1. The van der Waals surface area contributed by atoms with E-state index in [1.807, 2.05) is 17.0 Å².